The molecule has 7 heteroatoms. The molecule has 1 heterocycles. The molecule has 1 aromatic carbocycles. The summed E-state index contributed by atoms with van der Waals surface area (Å²) in [5.74, 6) is 0.526. The summed E-state index contributed by atoms with van der Waals surface area (Å²) in [7, 11) is -0.101. The second-order valence-corrected chi connectivity index (χ2v) is 9.60. The maximum Gasteiger partial charge on any atom is 0.339 e. The van der Waals surface area contributed by atoms with Gasteiger partial charge in [-0.3, -0.25) is 4.57 Å². The number of pyridine rings is 1. The molecule has 2 aromatic rings. The van der Waals surface area contributed by atoms with E-state index in [-0.39, 0.29) is 33.1 Å². The lowest BCUT2D eigenvalue weighted by Crippen LogP contribution is -2.55. The Hall–Kier alpha value is -1.49. The molecule has 1 aromatic heterocycles. The number of para-hydroxylation sites is 1. The van der Waals surface area contributed by atoms with Crippen LogP contribution in [0, 0.1) is 11.8 Å². The fourth-order valence-corrected chi connectivity index (χ4v) is 6.51. The van der Waals surface area contributed by atoms with Gasteiger partial charge in [-0.1, -0.05) is 56.4 Å². The minimum Gasteiger partial charge on any atom is -0.464 e. The molecule has 31 heavy (non-hydrogen) atoms. The number of carbonyl (C=O) groups is 1. The number of hydrogen-bond acceptors (Lipinski definition) is 6. The van der Waals surface area contributed by atoms with Crippen LogP contribution < -0.4 is 0 Å². The van der Waals surface area contributed by atoms with E-state index in [1.54, 1.807) is 18.7 Å². The highest BCUT2D eigenvalue weighted by molar-refractivity contribution is 7.99. The maximum atomic E-state index is 13.2. The largest absolute Gasteiger partial charge is 0.464 e. The molecule has 0 N–H and O–H groups in total. The van der Waals surface area contributed by atoms with Crippen molar-refractivity contribution in [2.45, 2.75) is 56.6 Å². The summed E-state index contributed by atoms with van der Waals surface area (Å²) in [4.78, 5) is 18.0. The van der Waals surface area contributed by atoms with Crippen molar-refractivity contribution in [3.8, 4) is 0 Å². The molecule has 0 radical (unpaired) electrons. The van der Waals surface area contributed by atoms with Crippen molar-refractivity contribution in [3.05, 3.63) is 36.4 Å². The van der Waals surface area contributed by atoms with Gasteiger partial charge >= 0.3 is 5.97 Å². The van der Waals surface area contributed by atoms with E-state index in [0.717, 1.165) is 41.6 Å². The van der Waals surface area contributed by atoms with Gasteiger partial charge in [0.05, 0.1) is 23.3 Å². The lowest BCUT2D eigenvalue weighted by atomic mass is 9.73. The number of fused-ring (bicyclic) bond motifs is 1. The molecule has 1 saturated carbocycles. The molecule has 0 aliphatic heterocycles. The van der Waals surface area contributed by atoms with E-state index in [2.05, 4.69) is 12.1 Å². The van der Waals surface area contributed by atoms with Crippen molar-refractivity contribution in [2.24, 2.45) is 11.8 Å². The lowest BCUT2D eigenvalue weighted by Gasteiger charge is -2.42. The van der Waals surface area contributed by atoms with Crippen LogP contribution in [-0.4, -0.2) is 41.7 Å². The summed E-state index contributed by atoms with van der Waals surface area (Å²) in [5, 5.41) is 2.03. The Kier molecular flexibility index (Phi) is 9.30. The third-order valence-corrected chi connectivity index (χ3v) is 7.77. The molecule has 0 spiro atoms. The van der Waals surface area contributed by atoms with Gasteiger partial charge in [-0.05, 0) is 31.9 Å². The molecule has 2 unspecified atom stereocenters. The van der Waals surface area contributed by atoms with Crippen molar-refractivity contribution < 1.29 is 18.8 Å². The van der Waals surface area contributed by atoms with Crippen molar-refractivity contribution in [1.29, 1.82) is 0 Å². The number of thioether (sulfide) groups is 1. The molecular weight excluding hydrogens is 429 g/mol. The third-order valence-electron chi connectivity index (χ3n) is 6.12. The predicted molar refractivity (Wildman–Crippen MR) is 126 cm³/mol. The summed E-state index contributed by atoms with van der Waals surface area (Å²) in [6, 6.07) is 12.2. The van der Waals surface area contributed by atoms with Crippen LogP contribution in [0.25, 0.3) is 10.9 Å². The van der Waals surface area contributed by atoms with E-state index < -0.39 is 5.60 Å². The number of aromatic nitrogens is 1. The Morgan fingerprint density at radius 3 is 2.65 bits per heavy atom. The number of benzene rings is 1. The number of nitrogens with zero attached hydrogens (tertiary/aromatic N) is 1. The Morgan fingerprint density at radius 1 is 1.16 bits per heavy atom. The zero-order valence-electron chi connectivity index (χ0n) is 18.4. The van der Waals surface area contributed by atoms with Crippen molar-refractivity contribution in [2.75, 3.05) is 25.1 Å². The fourth-order valence-electron chi connectivity index (χ4n) is 4.64. The first kappa shape index (κ1) is 24.2. The van der Waals surface area contributed by atoms with Crippen molar-refractivity contribution in [1.82, 2.24) is 4.98 Å². The van der Waals surface area contributed by atoms with Crippen molar-refractivity contribution in [3.63, 3.8) is 0 Å². The van der Waals surface area contributed by atoms with Gasteiger partial charge in [-0.2, -0.15) is 0 Å². The second kappa shape index (κ2) is 11.9. The molecule has 0 saturated heterocycles. The number of esters is 1. The average Bonchev–Trinajstić information content (AvgIpc) is 2.80. The molecule has 1 aliphatic carbocycles. The molecule has 0 amide bonds. The molecule has 1 aliphatic rings. The summed E-state index contributed by atoms with van der Waals surface area (Å²) in [5.41, 5.74) is -0.235. The fraction of sp³-hybridized carbons (Fsp3) is 0.583. The number of ether oxygens (including phenoxy) is 2. The smallest absolute Gasteiger partial charge is 0.339 e. The molecule has 168 valence electrons. The lowest BCUT2D eigenvalue weighted by molar-refractivity contribution is -0.178. The van der Waals surface area contributed by atoms with Crippen LogP contribution in [0.1, 0.15) is 46.0 Å². The first-order valence-corrected chi connectivity index (χ1v) is 13.2. The van der Waals surface area contributed by atoms with E-state index in [0.29, 0.717) is 18.3 Å². The number of rotatable bonds is 11. The summed E-state index contributed by atoms with van der Waals surface area (Å²) in [6.45, 7) is 4.33. The standard InChI is InChI=1S/C24H32NO4PS/c1-3-28-23(26)24(17-30-27,29-4-2)20(18-10-6-5-7-11-18)16-31-22-15-14-19-12-8-9-13-21(19)25-22/h8-9,12-15,18,20H,3-7,10-11,16-17H2,1-2H3. The molecule has 0 bridgehead atoms. The molecule has 5 nitrogen and oxygen atoms in total. The van der Waals surface area contributed by atoms with Gasteiger partial charge in [0.2, 0.25) is 0 Å². The van der Waals surface area contributed by atoms with Crippen LogP contribution in [0.3, 0.4) is 0 Å². The Morgan fingerprint density at radius 2 is 1.94 bits per heavy atom. The Bertz CT molecular complexity index is 874. The predicted octanol–water partition coefficient (Wildman–Crippen LogP) is 6.15. The molecule has 1 fully saturated rings. The first-order valence-electron chi connectivity index (χ1n) is 11.2. The van der Waals surface area contributed by atoms with Crippen LogP contribution in [0.4, 0.5) is 0 Å². The topological polar surface area (TPSA) is 65.5 Å². The minimum atomic E-state index is -1.19. The van der Waals surface area contributed by atoms with E-state index in [1.807, 2.05) is 31.2 Å². The van der Waals surface area contributed by atoms with Gasteiger partial charge in [0.25, 0.3) is 0 Å². The van der Waals surface area contributed by atoms with E-state index in [4.69, 9.17) is 14.5 Å². The van der Waals surface area contributed by atoms with E-state index >= 15 is 0 Å². The van der Waals surface area contributed by atoms with Crippen LogP contribution in [0.15, 0.2) is 41.4 Å². The van der Waals surface area contributed by atoms with Gasteiger partial charge in [0.1, 0.15) is 0 Å². The summed E-state index contributed by atoms with van der Waals surface area (Å²) >= 11 is 1.65. The molecular formula is C24H32NO4PS. The highest BCUT2D eigenvalue weighted by atomic mass is 32.2. The maximum absolute atomic E-state index is 13.2. The second-order valence-electron chi connectivity index (χ2n) is 7.99. The quantitative estimate of drug-likeness (QED) is 0.227. The van der Waals surface area contributed by atoms with Crippen LogP contribution in [-0.2, 0) is 18.8 Å². The average molecular weight is 462 g/mol. The summed E-state index contributed by atoms with van der Waals surface area (Å²) in [6.07, 6.45) is 5.76. The van der Waals surface area contributed by atoms with Crippen LogP contribution >= 0.6 is 20.2 Å². The van der Waals surface area contributed by atoms with Crippen LogP contribution in [0.5, 0.6) is 0 Å². The Balaban J connectivity index is 1.91. The highest BCUT2D eigenvalue weighted by Gasteiger charge is 2.51. The Labute approximate surface area is 190 Å². The van der Waals surface area contributed by atoms with Gasteiger partial charge in [-0.25, -0.2) is 9.78 Å². The monoisotopic (exact) mass is 461 g/mol. The van der Waals surface area contributed by atoms with Gasteiger partial charge in [-0.15, -0.1) is 11.8 Å². The van der Waals surface area contributed by atoms with Crippen LogP contribution in [0.2, 0.25) is 0 Å². The first-order chi connectivity index (χ1) is 15.1. The zero-order chi connectivity index (χ0) is 22.1. The third kappa shape index (κ3) is 5.85. The van der Waals surface area contributed by atoms with Crippen molar-refractivity contribution >= 4 is 37.1 Å². The van der Waals surface area contributed by atoms with Gasteiger partial charge in [0.15, 0.2) is 14.1 Å². The van der Waals surface area contributed by atoms with Gasteiger partial charge < -0.3 is 9.47 Å². The number of hydrogen-bond donors (Lipinski definition) is 0. The highest BCUT2D eigenvalue weighted by Crippen LogP contribution is 2.42. The van der Waals surface area contributed by atoms with Gasteiger partial charge in [0, 0.05) is 23.7 Å². The zero-order valence-corrected chi connectivity index (χ0v) is 20.1. The minimum absolute atomic E-state index is 0.0912. The molecule has 3 rings (SSSR count). The SMILES string of the molecule is CCOC(=O)C(CP=O)(OCC)C(CSc1ccc2ccccc2n1)C1CCCCC1. The summed E-state index contributed by atoms with van der Waals surface area (Å²) < 4.78 is 23.4. The van der Waals surface area contributed by atoms with E-state index in [9.17, 15) is 9.36 Å². The normalized spacial score (nSPS) is 18.0. The number of carbonyl (C=O) groups excluding carboxylic acids is 1. The van der Waals surface area contributed by atoms with E-state index in [1.165, 1.54) is 6.42 Å². The molecule has 2 atom stereocenters.